The number of hydrogen-bond acceptors (Lipinski definition) is 2. The first-order valence-corrected chi connectivity index (χ1v) is 7.09. The predicted octanol–water partition coefficient (Wildman–Crippen LogP) is 3.64. The number of benzene rings is 1. The van der Waals surface area contributed by atoms with Crippen molar-refractivity contribution in [2.24, 2.45) is 0 Å². The average Bonchev–Trinajstić information content (AvgIpc) is 2.93. The predicted molar refractivity (Wildman–Crippen MR) is 82.6 cm³/mol. The van der Waals surface area contributed by atoms with Crippen molar-refractivity contribution in [1.29, 1.82) is 0 Å². The molecule has 0 radical (unpaired) electrons. The molecule has 1 aromatic carbocycles. The number of nitrogens with zero attached hydrogens (tertiary/aromatic N) is 2. The Kier molecular flexibility index (Phi) is 3.71. The molecule has 3 nitrogen and oxygen atoms in total. The zero-order valence-electron chi connectivity index (χ0n) is 12.2. The molecule has 21 heavy (non-hydrogen) atoms. The third-order valence-electron chi connectivity index (χ3n) is 3.47. The van der Waals surface area contributed by atoms with Crippen molar-refractivity contribution in [3.05, 3.63) is 60.2 Å². The first-order chi connectivity index (χ1) is 10.1. The van der Waals surface area contributed by atoms with E-state index < -0.39 is 0 Å². The minimum atomic E-state index is -0.211. The lowest BCUT2D eigenvalue weighted by Gasteiger charge is -2.14. The molecule has 0 aliphatic rings. The van der Waals surface area contributed by atoms with E-state index in [0.717, 1.165) is 22.5 Å². The first kappa shape index (κ1) is 13.8. The molecule has 0 atom stereocenters. The Labute approximate surface area is 123 Å². The molecule has 1 N–H and O–H groups in total. The van der Waals surface area contributed by atoms with Crippen LogP contribution in [0.4, 0.5) is 4.39 Å². The lowest BCUT2D eigenvalue weighted by Crippen LogP contribution is -2.22. The summed E-state index contributed by atoms with van der Waals surface area (Å²) < 4.78 is 15.6. The summed E-state index contributed by atoms with van der Waals surface area (Å²) in [6, 6.07) is 11.2. The maximum Gasteiger partial charge on any atom is 0.137 e. The van der Waals surface area contributed by atoms with Gasteiger partial charge >= 0.3 is 0 Å². The van der Waals surface area contributed by atoms with Gasteiger partial charge in [0.1, 0.15) is 11.5 Å². The van der Waals surface area contributed by atoms with Crippen molar-refractivity contribution in [2.75, 3.05) is 0 Å². The second-order valence-electron chi connectivity index (χ2n) is 5.40. The van der Waals surface area contributed by atoms with Crippen LogP contribution >= 0.6 is 0 Å². The van der Waals surface area contributed by atoms with E-state index in [4.69, 9.17) is 0 Å². The Bertz CT molecular complexity index is 762. The van der Waals surface area contributed by atoms with Gasteiger partial charge in [-0.15, -0.1) is 0 Å². The van der Waals surface area contributed by atoms with Crippen molar-refractivity contribution < 1.29 is 4.39 Å². The molecule has 0 saturated carbocycles. The lowest BCUT2D eigenvalue weighted by molar-refractivity contribution is 0.582. The molecule has 4 heteroatoms. The number of pyridine rings is 1. The third kappa shape index (κ3) is 2.81. The van der Waals surface area contributed by atoms with Gasteiger partial charge in [-0.1, -0.05) is 19.9 Å². The number of nitrogens with one attached hydrogen (secondary N) is 1. The largest absolute Gasteiger partial charge is 0.310 e. The monoisotopic (exact) mass is 283 g/mol. The Morgan fingerprint density at radius 2 is 2.10 bits per heavy atom. The van der Waals surface area contributed by atoms with Gasteiger partial charge in [-0.25, -0.2) is 9.37 Å². The van der Waals surface area contributed by atoms with Crippen LogP contribution in [0.2, 0.25) is 0 Å². The average molecular weight is 283 g/mol. The van der Waals surface area contributed by atoms with Gasteiger partial charge in [0.05, 0.1) is 5.69 Å². The maximum atomic E-state index is 13.6. The summed E-state index contributed by atoms with van der Waals surface area (Å²) in [6.07, 6.45) is 3.70. The molecule has 0 saturated heterocycles. The highest BCUT2D eigenvalue weighted by Gasteiger charge is 2.10. The van der Waals surface area contributed by atoms with Gasteiger partial charge in [0.2, 0.25) is 0 Å². The Balaban J connectivity index is 2.11. The van der Waals surface area contributed by atoms with Gasteiger partial charge < -0.3 is 5.32 Å². The minimum Gasteiger partial charge on any atom is -0.310 e. The van der Waals surface area contributed by atoms with Crippen LogP contribution in [0, 0.1) is 5.82 Å². The molecular formula is C17H18FN3. The molecule has 2 heterocycles. The number of rotatable bonds is 4. The lowest BCUT2D eigenvalue weighted by atomic mass is 10.0. The van der Waals surface area contributed by atoms with E-state index in [1.807, 2.05) is 34.9 Å². The number of halogens is 1. The molecule has 0 aliphatic carbocycles. The van der Waals surface area contributed by atoms with Gasteiger partial charge in [0.25, 0.3) is 0 Å². The second-order valence-corrected chi connectivity index (χ2v) is 5.40. The molecular weight excluding hydrogens is 265 g/mol. The summed E-state index contributed by atoms with van der Waals surface area (Å²) in [6.45, 7) is 4.79. The number of aromatic nitrogens is 2. The van der Waals surface area contributed by atoms with Gasteiger partial charge in [0.15, 0.2) is 0 Å². The summed E-state index contributed by atoms with van der Waals surface area (Å²) in [5, 5.41) is 3.35. The molecule has 0 unspecified atom stereocenters. The van der Waals surface area contributed by atoms with E-state index >= 15 is 0 Å². The SMILES string of the molecule is CC(C)NCc1cc(F)ccc1-c1cccc2nccn12. The van der Waals surface area contributed by atoms with Gasteiger partial charge in [-0.3, -0.25) is 4.40 Å². The van der Waals surface area contributed by atoms with Crippen LogP contribution in [0.15, 0.2) is 48.8 Å². The van der Waals surface area contributed by atoms with Crippen LogP contribution in [0.25, 0.3) is 16.9 Å². The normalized spacial score (nSPS) is 11.4. The summed E-state index contributed by atoms with van der Waals surface area (Å²) in [4.78, 5) is 4.30. The smallest absolute Gasteiger partial charge is 0.137 e. The van der Waals surface area contributed by atoms with E-state index in [0.29, 0.717) is 12.6 Å². The number of imidazole rings is 1. The van der Waals surface area contributed by atoms with E-state index in [1.54, 1.807) is 12.3 Å². The molecule has 0 spiro atoms. The summed E-state index contributed by atoms with van der Waals surface area (Å²) in [5.74, 6) is -0.211. The van der Waals surface area contributed by atoms with E-state index in [1.165, 1.54) is 6.07 Å². The van der Waals surface area contributed by atoms with Crippen LogP contribution < -0.4 is 5.32 Å². The number of fused-ring (bicyclic) bond motifs is 1. The third-order valence-corrected chi connectivity index (χ3v) is 3.47. The molecule has 0 bridgehead atoms. The van der Waals surface area contributed by atoms with Gasteiger partial charge in [-0.05, 0) is 35.9 Å². The summed E-state index contributed by atoms with van der Waals surface area (Å²) >= 11 is 0. The van der Waals surface area contributed by atoms with Crippen molar-refractivity contribution in [3.63, 3.8) is 0 Å². The van der Waals surface area contributed by atoms with Crippen molar-refractivity contribution in [2.45, 2.75) is 26.4 Å². The summed E-state index contributed by atoms with van der Waals surface area (Å²) in [7, 11) is 0. The van der Waals surface area contributed by atoms with Crippen LogP contribution in [0.3, 0.4) is 0 Å². The van der Waals surface area contributed by atoms with Crippen LogP contribution in [-0.4, -0.2) is 15.4 Å². The van der Waals surface area contributed by atoms with Crippen molar-refractivity contribution >= 4 is 5.65 Å². The van der Waals surface area contributed by atoms with E-state index in [9.17, 15) is 4.39 Å². The fourth-order valence-electron chi connectivity index (χ4n) is 2.44. The Morgan fingerprint density at radius 1 is 1.24 bits per heavy atom. The fourth-order valence-corrected chi connectivity index (χ4v) is 2.44. The highest BCUT2D eigenvalue weighted by molar-refractivity contribution is 5.67. The standard InChI is InChI=1S/C17H18FN3/c1-12(2)20-11-13-10-14(18)6-7-15(13)16-4-3-5-17-19-8-9-21(16)17/h3-10,12,20H,11H2,1-2H3. The van der Waals surface area contributed by atoms with Crippen LogP contribution in [-0.2, 0) is 6.54 Å². The van der Waals surface area contributed by atoms with Crippen LogP contribution in [0.1, 0.15) is 19.4 Å². The van der Waals surface area contributed by atoms with E-state index in [-0.39, 0.29) is 5.82 Å². The first-order valence-electron chi connectivity index (χ1n) is 7.09. The highest BCUT2D eigenvalue weighted by atomic mass is 19.1. The second kappa shape index (κ2) is 5.66. The Hall–Kier alpha value is -2.20. The molecule has 3 rings (SSSR count). The molecule has 2 aromatic heterocycles. The summed E-state index contributed by atoms with van der Waals surface area (Å²) in [5.41, 5.74) is 3.88. The molecule has 3 aromatic rings. The van der Waals surface area contributed by atoms with Crippen molar-refractivity contribution in [1.82, 2.24) is 14.7 Å². The zero-order chi connectivity index (χ0) is 14.8. The van der Waals surface area contributed by atoms with Crippen LogP contribution in [0.5, 0.6) is 0 Å². The molecule has 0 aliphatic heterocycles. The fraction of sp³-hybridized carbons (Fsp3) is 0.235. The molecule has 0 amide bonds. The Morgan fingerprint density at radius 3 is 2.90 bits per heavy atom. The van der Waals surface area contributed by atoms with Gasteiger partial charge in [-0.2, -0.15) is 0 Å². The van der Waals surface area contributed by atoms with E-state index in [2.05, 4.69) is 24.1 Å². The topological polar surface area (TPSA) is 29.3 Å². The molecule has 108 valence electrons. The highest BCUT2D eigenvalue weighted by Crippen LogP contribution is 2.25. The van der Waals surface area contributed by atoms with Crippen molar-refractivity contribution in [3.8, 4) is 11.3 Å². The molecule has 0 fully saturated rings. The minimum absolute atomic E-state index is 0.211. The van der Waals surface area contributed by atoms with Gasteiger partial charge in [0, 0.05) is 30.5 Å². The zero-order valence-corrected chi connectivity index (χ0v) is 12.2. The maximum absolute atomic E-state index is 13.6. The quantitative estimate of drug-likeness (QED) is 0.792. The number of hydrogen-bond donors (Lipinski definition) is 1.